The summed E-state index contributed by atoms with van der Waals surface area (Å²) in [5, 5.41) is 6.97. The van der Waals surface area contributed by atoms with Gasteiger partial charge in [-0.05, 0) is 37.9 Å². The van der Waals surface area contributed by atoms with Crippen molar-refractivity contribution >= 4 is 16.7 Å². The number of carbonyl (C=O) groups is 1. The zero-order chi connectivity index (χ0) is 21.9. The monoisotopic (exact) mass is 418 g/mol. The Morgan fingerprint density at radius 1 is 1.03 bits per heavy atom. The van der Waals surface area contributed by atoms with Crippen molar-refractivity contribution in [3.05, 3.63) is 75.7 Å². The summed E-state index contributed by atoms with van der Waals surface area (Å²) >= 11 is 0. The molecule has 1 amide bonds. The van der Waals surface area contributed by atoms with Gasteiger partial charge in [-0.2, -0.15) is 18.3 Å². The molecule has 9 heteroatoms. The lowest BCUT2D eigenvalue weighted by Crippen LogP contribution is -2.37. The Labute approximate surface area is 170 Å². The molecule has 3 rings (SSSR count). The van der Waals surface area contributed by atoms with E-state index in [1.807, 2.05) is 19.0 Å². The Bertz CT molecular complexity index is 1110. The molecule has 0 fully saturated rings. The van der Waals surface area contributed by atoms with Crippen molar-refractivity contribution in [2.75, 3.05) is 27.2 Å². The third-order valence-corrected chi connectivity index (χ3v) is 4.63. The number of nitrogens with one attached hydrogen (secondary N) is 1. The standard InChI is InChI=1S/C21H21F3N4O2/c1-27(2)10-11-28(13-14-6-5-7-15(12-14)21(22,23)24)20(30)18-16-8-3-4-9-17(16)19(29)26-25-18/h3-9,12H,10-11,13H2,1-2H3,(H,26,29). The van der Waals surface area contributed by atoms with E-state index in [0.29, 0.717) is 22.9 Å². The Morgan fingerprint density at radius 2 is 1.73 bits per heavy atom. The largest absolute Gasteiger partial charge is 0.416 e. The van der Waals surface area contributed by atoms with Gasteiger partial charge in [0, 0.05) is 25.0 Å². The molecule has 1 heterocycles. The number of likely N-dealkylation sites (N-methyl/N-ethyl adjacent to an activating group) is 1. The minimum Gasteiger partial charge on any atom is -0.332 e. The summed E-state index contributed by atoms with van der Waals surface area (Å²) < 4.78 is 39.2. The van der Waals surface area contributed by atoms with E-state index in [1.165, 1.54) is 11.0 Å². The maximum Gasteiger partial charge on any atom is 0.416 e. The number of aromatic amines is 1. The summed E-state index contributed by atoms with van der Waals surface area (Å²) in [5.41, 5.74) is -0.783. The summed E-state index contributed by atoms with van der Waals surface area (Å²) in [4.78, 5) is 28.6. The van der Waals surface area contributed by atoms with Crippen molar-refractivity contribution in [2.24, 2.45) is 0 Å². The van der Waals surface area contributed by atoms with E-state index < -0.39 is 23.2 Å². The molecule has 6 nitrogen and oxygen atoms in total. The Morgan fingerprint density at radius 3 is 2.40 bits per heavy atom. The lowest BCUT2D eigenvalue weighted by molar-refractivity contribution is -0.137. The number of carbonyl (C=O) groups excluding carboxylic acids is 1. The summed E-state index contributed by atoms with van der Waals surface area (Å²) in [6.45, 7) is 0.759. The number of hydrogen-bond acceptors (Lipinski definition) is 4. The fourth-order valence-electron chi connectivity index (χ4n) is 3.07. The highest BCUT2D eigenvalue weighted by atomic mass is 19.4. The molecule has 0 saturated heterocycles. The highest BCUT2D eigenvalue weighted by Crippen LogP contribution is 2.30. The fraction of sp³-hybridized carbons (Fsp3) is 0.286. The number of nitrogens with zero attached hydrogens (tertiary/aromatic N) is 3. The van der Waals surface area contributed by atoms with Gasteiger partial charge in [0.1, 0.15) is 0 Å². The first-order valence-corrected chi connectivity index (χ1v) is 9.24. The van der Waals surface area contributed by atoms with E-state index >= 15 is 0 Å². The highest BCUT2D eigenvalue weighted by Gasteiger charge is 2.30. The van der Waals surface area contributed by atoms with Crippen molar-refractivity contribution in [2.45, 2.75) is 12.7 Å². The van der Waals surface area contributed by atoms with Crippen LogP contribution >= 0.6 is 0 Å². The van der Waals surface area contributed by atoms with Crippen LogP contribution in [0.1, 0.15) is 21.6 Å². The number of H-pyrrole nitrogens is 1. The average Bonchev–Trinajstić information content (AvgIpc) is 2.70. The zero-order valence-corrected chi connectivity index (χ0v) is 16.5. The van der Waals surface area contributed by atoms with Crippen LogP contribution in [-0.2, 0) is 12.7 Å². The lowest BCUT2D eigenvalue weighted by Gasteiger charge is -2.25. The van der Waals surface area contributed by atoms with Gasteiger partial charge in [-0.15, -0.1) is 0 Å². The predicted molar refractivity (Wildman–Crippen MR) is 107 cm³/mol. The van der Waals surface area contributed by atoms with Gasteiger partial charge in [0.2, 0.25) is 0 Å². The molecule has 0 bridgehead atoms. The molecule has 0 aliphatic heterocycles. The summed E-state index contributed by atoms with van der Waals surface area (Å²) in [7, 11) is 3.67. The van der Waals surface area contributed by atoms with Gasteiger partial charge in [0.25, 0.3) is 11.5 Å². The Balaban J connectivity index is 1.98. The van der Waals surface area contributed by atoms with Gasteiger partial charge in [0.15, 0.2) is 5.69 Å². The molecule has 158 valence electrons. The first-order chi connectivity index (χ1) is 14.2. The number of alkyl halides is 3. The number of benzene rings is 2. The van der Waals surface area contributed by atoms with Crippen LogP contribution in [0.15, 0.2) is 53.3 Å². The average molecular weight is 418 g/mol. The van der Waals surface area contributed by atoms with Crippen LogP contribution in [0.25, 0.3) is 10.8 Å². The molecule has 0 spiro atoms. The smallest absolute Gasteiger partial charge is 0.332 e. The van der Waals surface area contributed by atoms with Crippen LogP contribution in [0.4, 0.5) is 13.2 Å². The fourth-order valence-corrected chi connectivity index (χ4v) is 3.07. The molecular formula is C21H21F3N4O2. The first-order valence-electron chi connectivity index (χ1n) is 9.24. The van der Waals surface area contributed by atoms with Gasteiger partial charge in [-0.1, -0.05) is 30.3 Å². The van der Waals surface area contributed by atoms with Crippen molar-refractivity contribution in [1.82, 2.24) is 20.0 Å². The molecule has 30 heavy (non-hydrogen) atoms. The van der Waals surface area contributed by atoms with Crippen LogP contribution in [0, 0.1) is 0 Å². The molecule has 1 N–H and O–H groups in total. The third kappa shape index (κ3) is 4.85. The van der Waals surface area contributed by atoms with Crippen molar-refractivity contribution in [3.63, 3.8) is 0 Å². The number of hydrogen-bond donors (Lipinski definition) is 1. The minimum absolute atomic E-state index is 0.0221. The Kier molecular flexibility index (Phi) is 6.21. The van der Waals surface area contributed by atoms with Crippen LogP contribution < -0.4 is 5.56 Å². The summed E-state index contributed by atoms with van der Waals surface area (Å²) in [5.74, 6) is -0.471. The maximum absolute atomic E-state index is 13.3. The van der Waals surface area contributed by atoms with Crippen LogP contribution in [0.3, 0.4) is 0 Å². The molecular weight excluding hydrogens is 397 g/mol. The number of amides is 1. The number of halogens is 3. The van der Waals surface area contributed by atoms with Gasteiger partial charge in [-0.3, -0.25) is 9.59 Å². The number of aromatic nitrogens is 2. The van der Waals surface area contributed by atoms with Crippen LogP contribution in [0.2, 0.25) is 0 Å². The van der Waals surface area contributed by atoms with E-state index in [2.05, 4.69) is 10.2 Å². The number of fused-ring (bicyclic) bond motifs is 1. The topological polar surface area (TPSA) is 69.3 Å². The van der Waals surface area contributed by atoms with Crippen molar-refractivity contribution < 1.29 is 18.0 Å². The molecule has 0 aliphatic carbocycles. The first kappa shape index (κ1) is 21.5. The van der Waals surface area contributed by atoms with E-state index in [-0.39, 0.29) is 18.8 Å². The van der Waals surface area contributed by atoms with E-state index in [9.17, 15) is 22.8 Å². The molecule has 0 saturated carbocycles. The normalized spacial score (nSPS) is 11.8. The predicted octanol–water partition coefficient (Wildman–Crippen LogP) is 3.15. The van der Waals surface area contributed by atoms with Crippen LogP contribution in [-0.4, -0.2) is 53.1 Å². The van der Waals surface area contributed by atoms with Gasteiger partial charge >= 0.3 is 6.18 Å². The minimum atomic E-state index is -4.47. The summed E-state index contributed by atoms with van der Waals surface area (Å²) in [6.07, 6.45) is -4.47. The van der Waals surface area contributed by atoms with Crippen molar-refractivity contribution in [3.8, 4) is 0 Å². The van der Waals surface area contributed by atoms with Gasteiger partial charge < -0.3 is 9.80 Å². The van der Waals surface area contributed by atoms with E-state index in [1.54, 1.807) is 30.3 Å². The second-order valence-corrected chi connectivity index (χ2v) is 7.18. The van der Waals surface area contributed by atoms with E-state index in [4.69, 9.17) is 0 Å². The highest BCUT2D eigenvalue weighted by molar-refractivity contribution is 6.04. The SMILES string of the molecule is CN(C)CCN(Cc1cccc(C(F)(F)F)c1)C(=O)c1n[nH]c(=O)c2ccccc12. The van der Waals surface area contributed by atoms with Gasteiger partial charge in [0.05, 0.1) is 10.9 Å². The quantitative estimate of drug-likeness (QED) is 0.668. The van der Waals surface area contributed by atoms with Gasteiger partial charge in [-0.25, -0.2) is 5.10 Å². The second-order valence-electron chi connectivity index (χ2n) is 7.18. The molecule has 3 aromatic rings. The lowest BCUT2D eigenvalue weighted by atomic mass is 10.1. The summed E-state index contributed by atoms with van der Waals surface area (Å²) in [6, 6.07) is 11.5. The molecule has 2 aromatic carbocycles. The molecule has 1 aromatic heterocycles. The Hall–Kier alpha value is -3.20. The molecule has 0 unspecified atom stereocenters. The maximum atomic E-state index is 13.3. The second kappa shape index (κ2) is 8.66. The molecule has 0 radical (unpaired) electrons. The third-order valence-electron chi connectivity index (χ3n) is 4.63. The zero-order valence-electron chi connectivity index (χ0n) is 16.5. The van der Waals surface area contributed by atoms with E-state index in [0.717, 1.165) is 12.1 Å². The van der Waals surface area contributed by atoms with Crippen molar-refractivity contribution in [1.29, 1.82) is 0 Å². The molecule has 0 aliphatic rings. The van der Waals surface area contributed by atoms with Crippen LogP contribution in [0.5, 0.6) is 0 Å². The molecule has 0 atom stereocenters. The number of rotatable bonds is 6.